The second-order valence-electron chi connectivity index (χ2n) is 10.4. The van der Waals surface area contributed by atoms with Crippen LogP contribution in [-0.4, -0.2) is 88.3 Å². The van der Waals surface area contributed by atoms with Crippen LogP contribution < -0.4 is 0 Å². The lowest BCUT2D eigenvalue weighted by atomic mass is 10.2. The van der Waals surface area contributed by atoms with E-state index in [0.717, 1.165) is 0 Å². The third kappa shape index (κ3) is 13.2. The normalized spacial score (nSPS) is 15.0. The Morgan fingerprint density at radius 2 is 0.659 bits per heavy atom. The maximum atomic E-state index is 13.3. The lowest BCUT2D eigenvalue weighted by Gasteiger charge is -2.44. The Balaban J connectivity index is 6.18. The van der Waals surface area contributed by atoms with Gasteiger partial charge in [-0.05, 0) is 66.2 Å². The molecule has 0 spiro atoms. The summed E-state index contributed by atoms with van der Waals surface area (Å²) in [5.74, 6) is -8.73. The highest BCUT2D eigenvalue weighted by Gasteiger charge is 2.59. The third-order valence-corrected chi connectivity index (χ3v) is 6.13. The molecule has 0 bridgehead atoms. The van der Waals surface area contributed by atoms with Crippen molar-refractivity contribution in [3.8, 4) is 0 Å². The van der Waals surface area contributed by atoms with E-state index >= 15 is 0 Å². The van der Waals surface area contributed by atoms with E-state index in [1.807, 2.05) is 41.5 Å². The van der Waals surface area contributed by atoms with Gasteiger partial charge in [0.25, 0.3) is 11.6 Å². The molecular formula is C32H62O12. The van der Waals surface area contributed by atoms with Gasteiger partial charge in [-0.2, -0.15) is 0 Å². The van der Waals surface area contributed by atoms with Gasteiger partial charge in [-0.3, -0.25) is 9.59 Å². The molecule has 0 saturated heterocycles. The molecule has 44 heavy (non-hydrogen) atoms. The summed E-state index contributed by atoms with van der Waals surface area (Å²) in [7, 11) is 0. The Morgan fingerprint density at radius 1 is 0.409 bits per heavy atom. The summed E-state index contributed by atoms with van der Waals surface area (Å²) < 4.78 is 59.9. The molecule has 0 fully saturated rings. The van der Waals surface area contributed by atoms with Gasteiger partial charge in [0.05, 0.1) is 65.7 Å². The minimum Gasteiger partial charge on any atom is -0.403 e. The molecule has 0 amide bonds. The van der Waals surface area contributed by atoms with Crippen molar-refractivity contribution >= 4 is 11.9 Å². The summed E-state index contributed by atoms with van der Waals surface area (Å²) in [6.07, 6.45) is 3.25. The highest BCUT2D eigenvalue weighted by molar-refractivity contribution is 5.78. The smallest absolute Gasteiger partial charge is 0.386 e. The van der Waals surface area contributed by atoms with Gasteiger partial charge in [0.2, 0.25) is 0 Å². The predicted molar refractivity (Wildman–Crippen MR) is 164 cm³/mol. The summed E-state index contributed by atoms with van der Waals surface area (Å²) in [5.41, 5.74) is 0. The molecule has 2 unspecified atom stereocenters. The van der Waals surface area contributed by atoms with Crippen LogP contribution in [0.5, 0.6) is 0 Å². The number of ether oxygens (including phenoxy) is 10. The molecule has 262 valence electrons. The molecule has 0 aliphatic carbocycles. The second-order valence-corrected chi connectivity index (χ2v) is 10.4. The molecule has 0 aliphatic rings. The molecule has 2 atom stereocenters. The minimum absolute atomic E-state index is 0.138. The SMILES string of the molecule is CCCOC(C)(OCCC)C(OCC)(OCCC)OC(=O)CCC(=O)OC(OCC)(OCCC)C(C)(OCCC)OCCC. The van der Waals surface area contributed by atoms with Crippen molar-refractivity contribution in [2.24, 2.45) is 0 Å². The number of carbonyl (C=O) groups excluding carboxylic acids is 2. The fourth-order valence-corrected chi connectivity index (χ4v) is 3.99. The molecule has 0 aliphatic heterocycles. The lowest BCUT2D eigenvalue weighted by Crippen LogP contribution is -2.62. The zero-order valence-electron chi connectivity index (χ0n) is 29.2. The zero-order chi connectivity index (χ0) is 33.5. The zero-order valence-corrected chi connectivity index (χ0v) is 29.2. The molecule has 0 heterocycles. The first-order chi connectivity index (χ1) is 21.0. The summed E-state index contributed by atoms with van der Waals surface area (Å²) in [6.45, 7) is 20.3. The fourth-order valence-electron chi connectivity index (χ4n) is 3.99. The van der Waals surface area contributed by atoms with Gasteiger partial charge in [0.1, 0.15) is 0 Å². The first kappa shape index (κ1) is 42.6. The van der Waals surface area contributed by atoms with Crippen molar-refractivity contribution in [3.63, 3.8) is 0 Å². The van der Waals surface area contributed by atoms with Crippen molar-refractivity contribution in [2.75, 3.05) is 52.9 Å². The average molecular weight is 639 g/mol. The molecule has 0 radical (unpaired) electrons. The van der Waals surface area contributed by atoms with Crippen LogP contribution in [-0.2, 0) is 57.0 Å². The maximum absolute atomic E-state index is 13.3. The largest absolute Gasteiger partial charge is 0.403 e. The van der Waals surface area contributed by atoms with E-state index in [1.165, 1.54) is 0 Å². The summed E-state index contributed by atoms with van der Waals surface area (Å²) >= 11 is 0. The molecule has 0 saturated carbocycles. The Hall–Kier alpha value is -1.38. The van der Waals surface area contributed by atoms with Crippen molar-refractivity contribution < 1.29 is 57.0 Å². The molecular weight excluding hydrogens is 576 g/mol. The second kappa shape index (κ2) is 23.0. The van der Waals surface area contributed by atoms with Crippen LogP contribution in [0, 0.1) is 0 Å². The van der Waals surface area contributed by atoms with Gasteiger partial charge < -0.3 is 47.4 Å². The standard InChI is InChI=1S/C32H62O12/c1-11-21-37-29(9,38-22-12-2)31(35-17-7,41-25-15-5)43-27(33)19-20-28(34)44-32(36-18-8,42-26-16-6)30(10,39-23-13-3)40-24-14-4/h11-26H2,1-10H3. The molecule has 0 aromatic rings. The van der Waals surface area contributed by atoms with Crippen molar-refractivity contribution in [2.45, 2.75) is 144 Å². The highest BCUT2D eigenvalue weighted by atomic mass is 16.9. The Morgan fingerprint density at radius 3 is 0.886 bits per heavy atom. The fraction of sp³-hybridized carbons (Fsp3) is 0.938. The third-order valence-electron chi connectivity index (χ3n) is 6.13. The van der Waals surface area contributed by atoms with Crippen LogP contribution in [0.4, 0.5) is 0 Å². The first-order valence-corrected chi connectivity index (χ1v) is 16.5. The van der Waals surface area contributed by atoms with E-state index in [2.05, 4.69) is 0 Å². The topological polar surface area (TPSA) is 126 Å². The van der Waals surface area contributed by atoms with Crippen LogP contribution >= 0.6 is 0 Å². The van der Waals surface area contributed by atoms with E-state index in [0.29, 0.717) is 65.0 Å². The van der Waals surface area contributed by atoms with Gasteiger partial charge in [-0.1, -0.05) is 41.5 Å². The molecule has 0 aromatic carbocycles. The van der Waals surface area contributed by atoms with Gasteiger partial charge in [-0.15, -0.1) is 0 Å². The summed E-state index contributed by atoms with van der Waals surface area (Å²) in [4.78, 5) is 26.7. The van der Waals surface area contributed by atoms with Crippen LogP contribution in [0.2, 0.25) is 0 Å². The Labute approximate surface area is 266 Å². The van der Waals surface area contributed by atoms with Crippen LogP contribution in [0.3, 0.4) is 0 Å². The minimum atomic E-state index is -2.01. The van der Waals surface area contributed by atoms with Crippen LogP contribution in [0.25, 0.3) is 0 Å². The lowest BCUT2D eigenvalue weighted by molar-refractivity contribution is -0.480. The van der Waals surface area contributed by atoms with E-state index in [-0.39, 0.29) is 39.3 Å². The van der Waals surface area contributed by atoms with E-state index in [1.54, 1.807) is 27.7 Å². The quantitative estimate of drug-likeness (QED) is 0.0681. The van der Waals surface area contributed by atoms with E-state index < -0.39 is 35.5 Å². The molecule has 0 aromatic heterocycles. The number of esters is 2. The van der Waals surface area contributed by atoms with E-state index in [4.69, 9.17) is 47.4 Å². The molecule has 12 heteroatoms. The van der Waals surface area contributed by atoms with Gasteiger partial charge in [0, 0.05) is 0 Å². The summed E-state index contributed by atoms with van der Waals surface area (Å²) in [6, 6.07) is 0. The summed E-state index contributed by atoms with van der Waals surface area (Å²) in [5, 5.41) is 0. The maximum Gasteiger partial charge on any atom is 0.386 e. The molecule has 12 nitrogen and oxygen atoms in total. The van der Waals surface area contributed by atoms with Crippen molar-refractivity contribution in [1.82, 2.24) is 0 Å². The number of rotatable bonds is 29. The number of carbonyl (C=O) groups is 2. The van der Waals surface area contributed by atoms with Gasteiger partial charge in [-0.25, -0.2) is 0 Å². The van der Waals surface area contributed by atoms with Crippen LogP contribution in [0.1, 0.15) is 121 Å². The van der Waals surface area contributed by atoms with E-state index in [9.17, 15) is 9.59 Å². The first-order valence-electron chi connectivity index (χ1n) is 16.5. The Bertz CT molecular complexity index is 686. The van der Waals surface area contributed by atoms with Crippen molar-refractivity contribution in [3.05, 3.63) is 0 Å². The highest BCUT2D eigenvalue weighted by Crippen LogP contribution is 2.37. The van der Waals surface area contributed by atoms with Crippen molar-refractivity contribution in [1.29, 1.82) is 0 Å². The molecule has 0 rings (SSSR count). The Kier molecular flexibility index (Phi) is 22.3. The van der Waals surface area contributed by atoms with Gasteiger partial charge >= 0.3 is 23.9 Å². The van der Waals surface area contributed by atoms with Crippen LogP contribution in [0.15, 0.2) is 0 Å². The number of hydrogen-bond donors (Lipinski definition) is 0. The monoisotopic (exact) mass is 638 g/mol. The molecule has 0 N–H and O–H groups in total. The predicted octanol–water partition coefficient (Wildman–Crippen LogP) is 6.23. The number of hydrogen-bond acceptors (Lipinski definition) is 12. The van der Waals surface area contributed by atoms with Gasteiger partial charge in [0.15, 0.2) is 0 Å². The average Bonchev–Trinajstić information content (AvgIpc) is 3.01.